The molecule has 0 saturated carbocycles. The van der Waals surface area contributed by atoms with Gasteiger partial charge in [-0.05, 0) is 48.5 Å². The average molecular weight is 592 g/mol. The first kappa shape index (κ1) is 26.0. The number of hydrogen-bond acceptors (Lipinski definition) is 5. The summed E-state index contributed by atoms with van der Waals surface area (Å²) in [5.74, 6) is 2.24. The monoisotopic (exact) mass is 591 g/mol. The van der Waals surface area contributed by atoms with Gasteiger partial charge in [0, 0.05) is 33.2 Å². The van der Waals surface area contributed by atoms with E-state index in [4.69, 9.17) is 24.4 Å². The van der Waals surface area contributed by atoms with E-state index in [1.54, 1.807) is 0 Å². The lowest BCUT2D eigenvalue weighted by Crippen LogP contribution is -2.01. The lowest BCUT2D eigenvalue weighted by atomic mass is 10.1. The SMILES string of the molecule is c1ccc(-c2nc(-c3cccc(-n4c5ccccc5c5ccccc54)c3)nc(-c3cccc4nc(-c5ccccc5)oc34)n2)cc1. The number of benzene rings is 6. The van der Waals surface area contributed by atoms with Crippen molar-refractivity contribution in [2.45, 2.75) is 0 Å². The van der Waals surface area contributed by atoms with E-state index < -0.39 is 0 Å². The number of nitrogens with zero attached hydrogens (tertiary/aromatic N) is 5. The molecule has 0 unspecified atom stereocenters. The molecule has 0 atom stereocenters. The third kappa shape index (κ3) is 4.35. The summed E-state index contributed by atoms with van der Waals surface area (Å²) in [4.78, 5) is 19.8. The van der Waals surface area contributed by atoms with E-state index in [1.807, 2.05) is 84.9 Å². The molecule has 0 N–H and O–H groups in total. The zero-order chi connectivity index (χ0) is 30.5. The highest BCUT2D eigenvalue weighted by molar-refractivity contribution is 6.09. The summed E-state index contributed by atoms with van der Waals surface area (Å²) in [5, 5.41) is 2.43. The molecule has 6 aromatic carbocycles. The first-order chi connectivity index (χ1) is 22.8. The molecule has 3 aromatic heterocycles. The van der Waals surface area contributed by atoms with Crippen molar-refractivity contribution in [2.75, 3.05) is 0 Å². The van der Waals surface area contributed by atoms with Gasteiger partial charge in [-0.2, -0.15) is 0 Å². The molecule has 6 heteroatoms. The Morgan fingerprint density at radius 1 is 0.435 bits per heavy atom. The highest BCUT2D eigenvalue weighted by Crippen LogP contribution is 2.35. The van der Waals surface area contributed by atoms with Crippen LogP contribution in [0.5, 0.6) is 0 Å². The molecule has 6 nitrogen and oxygen atoms in total. The quantitative estimate of drug-likeness (QED) is 0.199. The number of hydrogen-bond donors (Lipinski definition) is 0. The van der Waals surface area contributed by atoms with Gasteiger partial charge in [0.15, 0.2) is 23.1 Å². The first-order valence-electron chi connectivity index (χ1n) is 15.2. The van der Waals surface area contributed by atoms with Crippen LogP contribution in [0.15, 0.2) is 156 Å². The Bertz CT molecular complexity index is 2480. The highest BCUT2D eigenvalue weighted by atomic mass is 16.3. The molecular weight excluding hydrogens is 566 g/mol. The Morgan fingerprint density at radius 2 is 1.00 bits per heavy atom. The van der Waals surface area contributed by atoms with Crippen LogP contribution in [0.1, 0.15) is 0 Å². The first-order valence-corrected chi connectivity index (χ1v) is 15.2. The minimum atomic E-state index is 0.521. The van der Waals surface area contributed by atoms with Crippen molar-refractivity contribution in [3.63, 3.8) is 0 Å². The fourth-order valence-electron chi connectivity index (χ4n) is 6.16. The predicted molar refractivity (Wildman–Crippen MR) is 183 cm³/mol. The smallest absolute Gasteiger partial charge is 0.227 e. The molecule has 9 aromatic rings. The molecule has 0 saturated heterocycles. The van der Waals surface area contributed by atoms with Crippen LogP contribution in [0.25, 0.3) is 84.2 Å². The van der Waals surface area contributed by atoms with Crippen molar-refractivity contribution in [1.82, 2.24) is 24.5 Å². The summed E-state index contributed by atoms with van der Waals surface area (Å²) in [5.41, 5.74) is 8.16. The molecule has 0 amide bonds. The molecule has 0 fully saturated rings. The van der Waals surface area contributed by atoms with Crippen LogP contribution >= 0.6 is 0 Å². The van der Waals surface area contributed by atoms with E-state index in [-0.39, 0.29) is 0 Å². The van der Waals surface area contributed by atoms with E-state index in [1.165, 1.54) is 10.8 Å². The third-order valence-corrected chi connectivity index (χ3v) is 8.29. The van der Waals surface area contributed by atoms with Crippen LogP contribution < -0.4 is 0 Å². The molecule has 216 valence electrons. The normalized spacial score (nSPS) is 11.5. The summed E-state index contributed by atoms with van der Waals surface area (Å²) < 4.78 is 8.67. The highest BCUT2D eigenvalue weighted by Gasteiger charge is 2.19. The summed E-state index contributed by atoms with van der Waals surface area (Å²) in [6.07, 6.45) is 0. The maximum absolute atomic E-state index is 6.37. The van der Waals surface area contributed by atoms with Crippen molar-refractivity contribution >= 4 is 32.9 Å². The topological polar surface area (TPSA) is 69.6 Å². The van der Waals surface area contributed by atoms with Gasteiger partial charge in [0.2, 0.25) is 5.89 Å². The number of para-hydroxylation sites is 3. The van der Waals surface area contributed by atoms with E-state index in [0.29, 0.717) is 28.9 Å². The zero-order valence-corrected chi connectivity index (χ0v) is 24.6. The van der Waals surface area contributed by atoms with Crippen molar-refractivity contribution in [2.24, 2.45) is 0 Å². The number of oxazole rings is 1. The molecule has 9 rings (SSSR count). The van der Waals surface area contributed by atoms with E-state index in [9.17, 15) is 0 Å². The number of rotatable bonds is 5. The van der Waals surface area contributed by atoms with Crippen LogP contribution in [0.4, 0.5) is 0 Å². The van der Waals surface area contributed by atoms with Crippen molar-refractivity contribution in [1.29, 1.82) is 0 Å². The van der Waals surface area contributed by atoms with Crippen LogP contribution in [0, 0.1) is 0 Å². The summed E-state index contributed by atoms with van der Waals surface area (Å²) in [6.45, 7) is 0. The largest absolute Gasteiger partial charge is 0.435 e. The van der Waals surface area contributed by atoms with E-state index >= 15 is 0 Å². The summed E-state index contributed by atoms with van der Waals surface area (Å²) in [7, 11) is 0. The Labute approximate surface area is 264 Å². The van der Waals surface area contributed by atoms with Crippen molar-refractivity contribution in [3.8, 4) is 51.3 Å². The Morgan fingerprint density at radius 3 is 1.72 bits per heavy atom. The van der Waals surface area contributed by atoms with Gasteiger partial charge >= 0.3 is 0 Å². The van der Waals surface area contributed by atoms with Crippen LogP contribution in [0.2, 0.25) is 0 Å². The third-order valence-electron chi connectivity index (χ3n) is 8.29. The minimum Gasteiger partial charge on any atom is -0.435 e. The molecule has 46 heavy (non-hydrogen) atoms. The van der Waals surface area contributed by atoms with Gasteiger partial charge in [-0.25, -0.2) is 19.9 Å². The molecule has 0 radical (unpaired) electrons. The molecule has 0 bridgehead atoms. The number of fused-ring (bicyclic) bond motifs is 4. The van der Waals surface area contributed by atoms with Crippen LogP contribution in [0.3, 0.4) is 0 Å². The lowest BCUT2D eigenvalue weighted by molar-refractivity contribution is 0.620. The molecule has 0 aliphatic heterocycles. The van der Waals surface area contributed by atoms with Gasteiger partial charge < -0.3 is 8.98 Å². The zero-order valence-electron chi connectivity index (χ0n) is 24.6. The Kier molecular flexibility index (Phi) is 6.03. The molecule has 0 spiro atoms. The molecule has 3 heterocycles. The van der Waals surface area contributed by atoms with Crippen LogP contribution in [-0.4, -0.2) is 24.5 Å². The van der Waals surface area contributed by atoms with Crippen molar-refractivity contribution < 1.29 is 4.42 Å². The second-order valence-corrected chi connectivity index (χ2v) is 11.1. The van der Waals surface area contributed by atoms with Gasteiger partial charge in [0.25, 0.3) is 0 Å². The Hall–Kier alpha value is -6.40. The average Bonchev–Trinajstić information content (AvgIpc) is 3.72. The van der Waals surface area contributed by atoms with E-state index in [2.05, 4.69) is 71.3 Å². The van der Waals surface area contributed by atoms with E-state index in [0.717, 1.165) is 44.5 Å². The second-order valence-electron chi connectivity index (χ2n) is 11.1. The number of aromatic nitrogens is 5. The maximum Gasteiger partial charge on any atom is 0.227 e. The summed E-state index contributed by atoms with van der Waals surface area (Å²) >= 11 is 0. The van der Waals surface area contributed by atoms with Gasteiger partial charge in [-0.3, -0.25) is 0 Å². The van der Waals surface area contributed by atoms with Crippen molar-refractivity contribution in [3.05, 3.63) is 152 Å². The lowest BCUT2D eigenvalue weighted by Gasteiger charge is -2.11. The second kappa shape index (κ2) is 10.6. The van der Waals surface area contributed by atoms with Gasteiger partial charge in [0.1, 0.15) is 5.52 Å². The Balaban J connectivity index is 1.24. The molecule has 0 aliphatic carbocycles. The molecule has 0 aliphatic rings. The van der Waals surface area contributed by atoms with Gasteiger partial charge in [0.05, 0.1) is 16.6 Å². The fourth-order valence-corrected chi connectivity index (χ4v) is 6.16. The maximum atomic E-state index is 6.37. The molecular formula is C40H25N5O. The van der Waals surface area contributed by atoms with Gasteiger partial charge in [-0.1, -0.05) is 103 Å². The van der Waals surface area contributed by atoms with Gasteiger partial charge in [-0.15, -0.1) is 0 Å². The summed E-state index contributed by atoms with van der Waals surface area (Å²) in [6, 6.07) is 51.2. The fraction of sp³-hybridized carbons (Fsp3) is 0. The van der Waals surface area contributed by atoms with Crippen LogP contribution in [-0.2, 0) is 0 Å². The predicted octanol–water partition coefficient (Wildman–Crippen LogP) is 9.78. The minimum absolute atomic E-state index is 0.521. The standard InChI is InChI=1S/C40H25N5O/c1-3-13-26(14-4-1)37-42-38(44-39(43-37)32-21-12-22-33-36(32)46-40(41-33)27-15-5-2-6-16-27)28-17-11-18-29(25-28)45-34-23-9-7-19-30(34)31-20-8-10-24-35(31)45/h1-25H.